The Hall–Kier alpha value is -2.81. The average molecular weight is 292 g/mol. The van der Waals surface area contributed by atoms with Crippen molar-refractivity contribution in [3.63, 3.8) is 0 Å². The third kappa shape index (κ3) is 3.09. The van der Waals surface area contributed by atoms with Crippen LogP contribution in [0.25, 0.3) is 17.0 Å². The van der Waals surface area contributed by atoms with E-state index in [1.165, 1.54) is 6.08 Å². The zero-order valence-corrected chi connectivity index (χ0v) is 12.3. The number of ketones is 1. The van der Waals surface area contributed by atoms with Crippen molar-refractivity contribution in [1.82, 2.24) is 0 Å². The number of hydrogen-bond donors (Lipinski definition) is 0. The lowest BCUT2D eigenvalue weighted by molar-refractivity contribution is 0.104. The lowest BCUT2D eigenvalue weighted by Crippen LogP contribution is -1.95. The molecule has 2 aromatic carbocycles. The van der Waals surface area contributed by atoms with Crippen molar-refractivity contribution < 1.29 is 13.9 Å². The Morgan fingerprint density at radius 1 is 1.14 bits per heavy atom. The summed E-state index contributed by atoms with van der Waals surface area (Å²) < 4.78 is 11.0. The fraction of sp³-hybridized carbons (Fsp3) is 0.105. The highest BCUT2D eigenvalue weighted by atomic mass is 16.5. The van der Waals surface area contributed by atoms with Crippen molar-refractivity contribution in [2.45, 2.75) is 6.92 Å². The van der Waals surface area contributed by atoms with E-state index in [2.05, 4.69) is 0 Å². The van der Waals surface area contributed by atoms with Crippen LogP contribution in [0.15, 0.2) is 65.1 Å². The molecule has 22 heavy (non-hydrogen) atoms. The minimum atomic E-state index is -0.0662. The summed E-state index contributed by atoms with van der Waals surface area (Å²) in [5.74, 6) is 1.37. The molecule has 0 aliphatic rings. The molecule has 1 aromatic heterocycles. The number of para-hydroxylation sites is 1. The summed E-state index contributed by atoms with van der Waals surface area (Å²) in [5.41, 5.74) is 1.44. The molecule has 0 N–H and O–H groups in total. The van der Waals surface area contributed by atoms with Crippen LogP contribution in [0.2, 0.25) is 0 Å². The SMILES string of the molecule is CCOc1ccc(C(=O)C=Cc2cc3ccccc3o2)cc1. The Labute approximate surface area is 128 Å². The molecule has 0 saturated carbocycles. The third-order valence-electron chi connectivity index (χ3n) is 3.29. The summed E-state index contributed by atoms with van der Waals surface area (Å²) in [4.78, 5) is 12.1. The van der Waals surface area contributed by atoms with Gasteiger partial charge in [0.15, 0.2) is 5.78 Å². The second-order valence-corrected chi connectivity index (χ2v) is 4.84. The van der Waals surface area contributed by atoms with Gasteiger partial charge in [0.25, 0.3) is 0 Å². The van der Waals surface area contributed by atoms with Gasteiger partial charge in [0.1, 0.15) is 17.1 Å². The fourth-order valence-corrected chi connectivity index (χ4v) is 2.22. The number of carbonyl (C=O) groups is 1. The van der Waals surface area contributed by atoms with Crippen molar-refractivity contribution in [2.75, 3.05) is 6.61 Å². The lowest BCUT2D eigenvalue weighted by Gasteiger charge is -2.02. The minimum absolute atomic E-state index is 0.0662. The van der Waals surface area contributed by atoms with Crippen LogP contribution in [-0.2, 0) is 0 Å². The smallest absolute Gasteiger partial charge is 0.185 e. The van der Waals surface area contributed by atoms with Gasteiger partial charge in [-0.25, -0.2) is 0 Å². The Morgan fingerprint density at radius 2 is 1.91 bits per heavy atom. The Bertz CT molecular complexity index is 777. The minimum Gasteiger partial charge on any atom is -0.494 e. The maximum Gasteiger partial charge on any atom is 0.185 e. The highest BCUT2D eigenvalue weighted by Gasteiger charge is 2.04. The van der Waals surface area contributed by atoms with Crippen LogP contribution in [0.4, 0.5) is 0 Å². The number of furan rings is 1. The van der Waals surface area contributed by atoms with E-state index in [-0.39, 0.29) is 5.78 Å². The van der Waals surface area contributed by atoms with Gasteiger partial charge >= 0.3 is 0 Å². The number of ether oxygens (including phenoxy) is 1. The van der Waals surface area contributed by atoms with Crippen molar-refractivity contribution in [3.05, 3.63) is 72.0 Å². The maximum atomic E-state index is 12.1. The zero-order valence-electron chi connectivity index (χ0n) is 12.3. The van der Waals surface area contributed by atoms with E-state index in [0.717, 1.165) is 16.7 Å². The summed E-state index contributed by atoms with van der Waals surface area (Å²) >= 11 is 0. The van der Waals surface area contributed by atoms with E-state index in [1.807, 2.05) is 37.3 Å². The highest BCUT2D eigenvalue weighted by molar-refractivity contribution is 6.06. The normalized spacial score (nSPS) is 11.1. The van der Waals surface area contributed by atoms with Crippen LogP contribution >= 0.6 is 0 Å². The van der Waals surface area contributed by atoms with Crippen LogP contribution in [0.3, 0.4) is 0 Å². The van der Waals surface area contributed by atoms with Crippen molar-refractivity contribution in [3.8, 4) is 5.75 Å². The second-order valence-electron chi connectivity index (χ2n) is 4.84. The molecule has 110 valence electrons. The molecule has 0 aliphatic heterocycles. The topological polar surface area (TPSA) is 39.4 Å². The molecule has 1 heterocycles. The predicted octanol–water partition coefficient (Wildman–Crippen LogP) is 4.73. The number of carbonyl (C=O) groups excluding carboxylic acids is 1. The standard InChI is InChI=1S/C19H16O3/c1-2-21-16-9-7-14(8-10-16)18(20)12-11-17-13-15-5-3-4-6-19(15)22-17/h3-13H,2H2,1H3. The van der Waals surface area contributed by atoms with E-state index < -0.39 is 0 Å². The maximum absolute atomic E-state index is 12.1. The molecular weight excluding hydrogens is 276 g/mol. The largest absolute Gasteiger partial charge is 0.494 e. The first-order valence-corrected chi connectivity index (χ1v) is 7.20. The summed E-state index contributed by atoms with van der Waals surface area (Å²) in [6.07, 6.45) is 3.21. The Kier molecular flexibility index (Phi) is 4.05. The monoisotopic (exact) mass is 292 g/mol. The molecular formula is C19H16O3. The number of allylic oxidation sites excluding steroid dienone is 1. The molecule has 0 amide bonds. The molecule has 0 atom stereocenters. The molecule has 3 aromatic rings. The highest BCUT2D eigenvalue weighted by Crippen LogP contribution is 2.20. The molecule has 0 aliphatic carbocycles. The Morgan fingerprint density at radius 3 is 2.64 bits per heavy atom. The summed E-state index contributed by atoms with van der Waals surface area (Å²) in [7, 11) is 0. The van der Waals surface area contributed by atoms with Crippen molar-refractivity contribution >= 4 is 22.8 Å². The van der Waals surface area contributed by atoms with E-state index in [1.54, 1.807) is 30.3 Å². The average Bonchev–Trinajstić information content (AvgIpc) is 2.96. The first kappa shape index (κ1) is 14.1. The van der Waals surface area contributed by atoms with Gasteiger partial charge in [-0.2, -0.15) is 0 Å². The molecule has 3 rings (SSSR count). The molecule has 0 saturated heterocycles. The molecule has 3 nitrogen and oxygen atoms in total. The first-order valence-electron chi connectivity index (χ1n) is 7.20. The predicted molar refractivity (Wildman–Crippen MR) is 87.2 cm³/mol. The molecule has 0 spiro atoms. The van der Waals surface area contributed by atoms with E-state index in [9.17, 15) is 4.79 Å². The van der Waals surface area contributed by atoms with E-state index >= 15 is 0 Å². The van der Waals surface area contributed by atoms with Crippen molar-refractivity contribution in [1.29, 1.82) is 0 Å². The van der Waals surface area contributed by atoms with E-state index in [4.69, 9.17) is 9.15 Å². The van der Waals surface area contributed by atoms with Crippen LogP contribution in [0.5, 0.6) is 5.75 Å². The van der Waals surface area contributed by atoms with Gasteiger partial charge in [0.2, 0.25) is 0 Å². The van der Waals surface area contributed by atoms with Crippen molar-refractivity contribution in [2.24, 2.45) is 0 Å². The van der Waals surface area contributed by atoms with Gasteiger partial charge in [-0.15, -0.1) is 0 Å². The van der Waals surface area contributed by atoms with Gasteiger partial charge in [0, 0.05) is 10.9 Å². The zero-order chi connectivity index (χ0) is 15.4. The van der Waals surface area contributed by atoms with Gasteiger partial charge in [-0.3, -0.25) is 4.79 Å². The number of hydrogen-bond acceptors (Lipinski definition) is 3. The molecule has 0 radical (unpaired) electrons. The van der Waals surface area contributed by atoms with Crippen LogP contribution in [0, 0.1) is 0 Å². The molecule has 0 unspecified atom stereocenters. The summed E-state index contributed by atoms with van der Waals surface area (Å²) in [6.45, 7) is 2.54. The molecule has 3 heteroatoms. The summed E-state index contributed by atoms with van der Waals surface area (Å²) in [6, 6.07) is 16.8. The van der Waals surface area contributed by atoms with E-state index in [0.29, 0.717) is 17.9 Å². The lowest BCUT2D eigenvalue weighted by atomic mass is 10.1. The van der Waals surface area contributed by atoms with Crippen LogP contribution < -0.4 is 4.74 Å². The second kappa shape index (κ2) is 6.31. The summed E-state index contributed by atoms with van der Waals surface area (Å²) in [5, 5.41) is 1.02. The molecule has 0 fully saturated rings. The van der Waals surface area contributed by atoms with Gasteiger partial charge in [-0.1, -0.05) is 18.2 Å². The van der Waals surface area contributed by atoms with Crippen LogP contribution in [-0.4, -0.2) is 12.4 Å². The number of rotatable bonds is 5. The third-order valence-corrected chi connectivity index (χ3v) is 3.29. The quantitative estimate of drug-likeness (QED) is 0.504. The molecule has 0 bridgehead atoms. The number of benzene rings is 2. The first-order chi connectivity index (χ1) is 10.8. The Balaban J connectivity index is 1.75. The van der Waals surface area contributed by atoms with Gasteiger partial charge in [-0.05, 0) is 55.5 Å². The van der Waals surface area contributed by atoms with Gasteiger partial charge in [0.05, 0.1) is 6.61 Å². The van der Waals surface area contributed by atoms with Gasteiger partial charge < -0.3 is 9.15 Å². The number of fused-ring (bicyclic) bond motifs is 1. The fourth-order valence-electron chi connectivity index (χ4n) is 2.22. The van der Waals surface area contributed by atoms with Crippen LogP contribution in [0.1, 0.15) is 23.0 Å².